The lowest BCUT2D eigenvalue weighted by Crippen LogP contribution is -2.20. The van der Waals surface area contributed by atoms with Gasteiger partial charge in [0.25, 0.3) is 0 Å². The Bertz CT molecular complexity index is 405. The topological polar surface area (TPSA) is 138 Å². The van der Waals surface area contributed by atoms with Crippen molar-refractivity contribution in [1.82, 2.24) is 0 Å². The van der Waals surface area contributed by atoms with Gasteiger partial charge in [0.2, 0.25) is 0 Å². The molecule has 8 heteroatoms. The maximum Gasteiger partial charge on any atom is 0.478 e. The van der Waals surface area contributed by atoms with E-state index in [-0.39, 0.29) is 11.3 Å². The molecule has 4 N–H and O–H groups in total. The van der Waals surface area contributed by atoms with Gasteiger partial charge in [-0.05, 0) is 18.2 Å². The molecule has 0 atom stereocenters. The first-order valence-corrected chi connectivity index (χ1v) is 3.85. The Morgan fingerprint density at radius 2 is 1.67 bits per heavy atom. The highest BCUT2D eigenvalue weighted by atomic mass is 16.7. The summed E-state index contributed by atoms with van der Waals surface area (Å²) < 4.78 is 0. The molecule has 0 aliphatic rings. The molecule has 1 rings (SSSR count). The van der Waals surface area contributed by atoms with Crippen molar-refractivity contribution in [2.75, 3.05) is 11.5 Å². The van der Waals surface area contributed by atoms with Crippen LogP contribution >= 0.6 is 0 Å². The van der Waals surface area contributed by atoms with Crippen LogP contribution in [0.2, 0.25) is 0 Å². The molecule has 0 unspecified atom stereocenters. The Morgan fingerprint density at radius 1 is 1.13 bits per heavy atom. The molecule has 1 aromatic rings. The summed E-state index contributed by atoms with van der Waals surface area (Å²) in [6.07, 6.45) is -2.05. The molecule has 0 bridgehead atoms. The predicted octanol–water partition coefficient (Wildman–Crippen LogP) is 0.403. The van der Waals surface area contributed by atoms with Crippen LogP contribution in [-0.2, 0) is 0 Å². The average molecular weight is 212 g/mol. The summed E-state index contributed by atoms with van der Waals surface area (Å²) in [4.78, 5) is 18.9. The first-order chi connectivity index (χ1) is 6.93. The molecule has 15 heavy (non-hydrogen) atoms. The highest BCUT2D eigenvalue weighted by molar-refractivity contribution is 5.56. The van der Waals surface area contributed by atoms with E-state index in [4.69, 9.17) is 11.5 Å². The van der Waals surface area contributed by atoms with Crippen LogP contribution in [0.4, 0.5) is 11.4 Å². The Morgan fingerprint density at radius 3 is 2.07 bits per heavy atom. The summed E-state index contributed by atoms with van der Waals surface area (Å²) >= 11 is 0. The lowest BCUT2D eigenvalue weighted by molar-refractivity contribution is -0.752. The minimum absolute atomic E-state index is 0.0617. The number of nitrogens with zero attached hydrogens (tertiary/aromatic N) is 2. The molecule has 80 valence electrons. The third kappa shape index (κ3) is 2.10. The number of anilines is 2. The number of benzene rings is 1. The van der Waals surface area contributed by atoms with Crippen LogP contribution in [0, 0.1) is 20.2 Å². The minimum atomic E-state index is -2.05. The van der Waals surface area contributed by atoms with Gasteiger partial charge in [-0.2, -0.15) is 0 Å². The Hall–Kier alpha value is -2.38. The Labute approximate surface area is 83.8 Å². The zero-order chi connectivity index (χ0) is 11.6. The van der Waals surface area contributed by atoms with E-state index in [1.807, 2.05) is 0 Å². The van der Waals surface area contributed by atoms with Gasteiger partial charge in [-0.3, -0.25) is 20.2 Å². The largest absolute Gasteiger partial charge is 0.478 e. The SMILES string of the molecule is Nc1ccc(C([N+](=O)[O-])[N+](=O)[O-])c(N)c1. The highest BCUT2D eigenvalue weighted by Crippen LogP contribution is 2.25. The molecule has 0 spiro atoms. The van der Waals surface area contributed by atoms with Crippen LogP contribution in [0.5, 0.6) is 0 Å². The molecule has 8 nitrogen and oxygen atoms in total. The second kappa shape index (κ2) is 3.78. The Balaban J connectivity index is 3.23. The fourth-order valence-corrected chi connectivity index (χ4v) is 1.13. The number of rotatable bonds is 3. The van der Waals surface area contributed by atoms with Crippen molar-refractivity contribution in [2.45, 2.75) is 6.17 Å². The first kappa shape index (κ1) is 10.7. The lowest BCUT2D eigenvalue weighted by Gasteiger charge is -2.05. The van der Waals surface area contributed by atoms with Crippen LogP contribution in [0.15, 0.2) is 18.2 Å². The van der Waals surface area contributed by atoms with Crippen LogP contribution < -0.4 is 11.5 Å². The van der Waals surface area contributed by atoms with Gasteiger partial charge in [-0.1, -0.05) is 0 Å². The van der Waals surface area contributed by atoms with E-state index in [0.29, 0.717) is 5.69 Å². The fraction of sp³-hybridized carbons (Fsp3) is 0.143. The van der Waals surface area contributed by atoms with E-state index in [0.717, 1.165) is 0 Å². The van der Waals surface area contributed by atoms with Crippen molar-refractivity contribution in [3.63, 3.8) is 0 Å². The van der Waals surface area contributed by atoms with Gasteiger partial charge in [0, 0.05) is 5.69 Å². The van der Waals surface area contributed by atoms with Crippen molar-refractivity contribution >= 4 is 11.4 Å². The van der Waals surface area contributed by atoms with Gasteiger partial charge in [0.1, 0.15) is 15.4 Å². The molecular weight excluding hydrogens is 204 g/mol. The molecule has 0 radical (unpaired) electrons. The third-order valence-corrected chi connectivity index (χ3v) is 1.79. The van der Waals surface area contributed by atoms with Crippen LogP contribution in [0.25, 0.3) is 0 Å². The number of hydrogen-bond donors (Lipinski definition) is 2. The van der Waals surface area contributed by atoms with Gasteiger partial charge >= 0.3 is 6.17 Å². The summed E-state index contributed by atoms with van der Waals surface area (Å²) in [7, 11) is 0. The number of nitro groups is 2. The van der Waals surface area contributed by atoms with Gasteiger partial charge in [-0.15, -0.1) is 0 Å². The maximum absolute atomic E-state index is 10.5. The normalized spacial score (nSPS) is 10.2. The lowest BCUT2D eigenvalue weighted by atomic mass is 10.1. The van der Waals surface area contributed by atoms with Crippen LogP contribution in [0.1, 0.15) is 11.7 Å². The molecule has 0 fully saturated rings. The van der Waals surface area contributed by atoms with Crippen molar-refractivity contribution in [2.24, 2.45) is 0 Å². The van der Waals surface area contributed by atoms with Crippen molar-refractivity contribution in [1.29, 1.82) is 0 Å². The molecule has 0 aliphatic carbocycles. The van der Waals surface area contributed by atoms with E-state index in [1.54, 1.807) is 0 Å². The molecular formula is C7H8N4O4. The number of hydrogen-bond acceptors (Lipinski definition) is 6. The van der Waals surface area contributed by atoms with E-state index < -0.39 is 16.0 Å². The van der Waals surface area contributed by atoms with Crippen molar-refractivity contribution in [3.05, 3.63) is 44.0 Å². The van der Waals surface area contributed by atoms with Crippen LogP contribution in [-0.4, -0.2) is 9.85 Å². The molecule has 0 saturated heterocycles. The zero-order valence-electron chi connectivity index (χ0n) is 7.49. The fourth-order valence-electron chi connectivity index (χ4n) is 1.13. The summed E-state index contributed by atoms with van der Waals surface area (Å²) in [5.74, 6) is 0. The smallest absolute Gasteiger partial charge is 0.399 e. The van der Waals surface area contributed by atoms with Gasteiger partial charge < -0.3 is 11.5 Å². The molecule has 0 aliphatic heterocycles. The molecule has 0 aromatic heterocycles. The van der Waals surface area contributed by atoms with E-state index in [2.05, 4.69) is 0 Å². The van der Waals surface area contributed by atoms with Gasteiger partial charge in [0.05, 0.1) is 5.69 Å². The summed E-state index contributed by atoms with van der Waals surface area (Å²) in [6.45, 7) is 0. The summed E-state index contributed by atoms with van der Waals surface area (Å²) in [6, 6.07) is 3.75. The average Bonchev–Trinajstić information content (AvgIpc) is 2.08. The Kier molecular flexibility index (Phi) is 2.70. The summed E-state index contributed by atoms with van der Waals surface area (Å²) in [5.41, 5.74) is 10.8. The molecule has 0 saturated carbocycles. The van der Waals surface area contributed by atoms with Crippen molar-refractivity contribution < 1.29 is 9.85 Å². The minimum Gasteiger partial charge on any atom is -0.399 e. The molecule has 0 amide bonds. The molecule has 1 aromatic carbocycles. The quantitative estimate of drug-likeness (QED) is 0.322. The molecule has 0 heterocycles. The highest BCUT2D eigenvalue weighted by Gasteiger charge is 2.36. The predicted molar refractivity (Wildman–Crippen MR) is 52.0 cm³/mol. The first-order valence-electron chi connectivity index (χ1n) is 3.85. The third-order valence-electron chi connectivity index (χ3n) is 1.79. The monoisotopic (exact) mass is 212 g/mol. The van der Waals surface area contributed by atoms with Gasteiger partial charge in [-0.25, -0.2) is 0 Å². The maximum atomic E-state index is 10.5. The van der Waals surface area contributed by atoms with Gasteiger partial charge in [0.15, 0.2) is 0 Å². The zero-order valence-corrected chi connectivity index (χ0v) is 7.49. The number of nitrogens with two attached hydrogens (primary N) is 2. The van der Waals surface area contributed by atoms with E-state index in [9.17, 15) is 20.2 Å². The summed E-state index contributed by atoms with van der Waals surface area (Å²) in [5, 5.41) is 20.9. The van der Waals surface area contributed by atoms with Crippen LogP contribution in [0.3, 0.4) is 0 Å². The number of nitrogen functional groups attached to an aromatic ring is 2. The van der Waals surface area contributed by atoms with E-state index in [1.165, 1.54) is 18.2 Å². The standard InChI is InChI=1S/C7H8N4O4/c8-4-1-2-5(6(9)3-4)7(10(12)13)11(14)15/h1-3,7H,8-9H2. The van der Waals surface area contributed by atoms with E-state index >= 15 is 0 Å². The van der Waals surface area contributed by atoms with Crippen molar-refractivity contribution in [3.8, 4) is 0 Å². The second-order valence-electron chi connectivity index (χ2n) is 2.83. The second-order valence-corrected chi connectivity index (χ2v) is 2.83.